The van der Waals surface area contributed by atoms with E-state index in [-0.39, 0.29) is 18.2 Å². The van der Waals surface area contributed by atoms with E-state index < -0.39 is 29.2 Å². The summed E-state index contributed by atoms with van der Waals surface area (Å²) >= 11 is 0. The molecule has 1 saturated carbocycles. The monoisotopic (exact) mass is 330 g/mol. The van der Waals surface area contributed by atoms with Gasteiger partial charge in [0.25, 0.3) is 0 Å². The minimum Gasteiger partial charge on any atom is -0.356 e. The molecule has 1 heterocycles. The normalized spacial score (nSPS) is 24.6. The molecule has 3 rings (SSSR count). The molecule has 1 aliphatic heterocycles. The molecule has 23 heavy (non-hydrogen) atoms. The van der Waals surface area contributed by atoms with Crippen molar-refractivity contribution in [3.05, 3.63) is 29.6 Å². The van der Waals surface area contributed by atoms with Crippen molar-refractivity contribution in [3.8, 4) is 0 Å². The topological polar surface area (TPSA) is 50.7 Å². The van der Waals surface area contributed by atoms with E-state index in [9.17, 15) is 22.4 Å². The third-order valence-corrected chi connectivity index (χ3v) is 4.18. The summed E-state index contributed by atoms with van der Waals surface area (Å²) in [5, 5.41) is 2.21. The second kappa shape index (κ2) is 5.59. The molecular formula is C15H14F4N2O2. The molecule has 1 fully saturated rings. The number of urea groups is 1. The molecule has 0 saturated heterocycles. The molecule has 8 heteroatoms. The van der Waals surface area contributed by atoms with Gasteiger partial charge in [-0.2, -0.15) is 13.2 Å². The van der Waals surface area contributed by atoms with Crippen LogP contribution in [0.4, 0.5) is 28.0 Å². The van der Waals surface area contributed by atoms with Gasteiger partial charge >= 0.3 is 12.2 Å². The first-order valence-electron chi connectivity index (χ1n) is 7.19. The van der Waals surface area contributed by atoms with Crippen LogP contribution in [0.15, 0.2) is 23.2 Å². The summed E-state index contributed by atoms with van der Waals surface area (Å²) in [5.41, 5.74) is -3.61. The molecule has 4 nitrogen and oxygen atoms in total. The van der Waals surface area contributed by atoms with Crippen LogP contribution in [-0.4, -0.2) is 25.0 Å². The van der Waals surface area contributed by atoms with Crippen LogP contribution in [0.5, 0.6) is 0 Å². The summed E-state index contributed by atoms with van der Waals surface area (Å²) in [4.78, 5) is 14.8. The molecule has 1 N–H and O–H groups in total. The van der Waals surface area contributed by atoms with Gasteiger partial charge < -0.3 is 10.1 Å². The summed E-state index contributed by atoms with van der Waals surface area (Å²) in [5.74, 6) is -0.819. The fourth-order valence-electron chi connectivity index (χ4n) is 2.63. The molecule has 0 radical (unpaired) electrons. The van der Waals surface area contributed by atoms with Crippen LogP contribution >= 0.6 is 0 Å². The molecular weight excluding hydrogens is 316 g/mol. The van der Waals surface area contributed by atoms with Crippen molar-refractivity contribution in [2.75, 3.05) is 11.9 Å². The van der Waals surface area contributed by atoms with E-state index in [0.29, 0.717) is 6.21 Å². The number of aliphatic imine (C=N–C) groups is 1. The Morgan fingerprint density at radius 1 is 1.35 bits per heavy atom. The fourth-order valence-corrected chi connectivity index (χ4v) is 2.63. The largest absolute Gasteiger partial charge is 0.427 e. The summed E-state index contributed by atoms with van der Waals surface area (Å²) in [7, 11) is 0. The summed E-state index contributed by atoms with van der Waals surface area (Å²) in [6.45, 7) is -0.129. The molecule has 2 amide bonds. The first-order chi connectivity index (χ1) is 10.8. The van der Waals surface area contributed by atoms with Crippen molar-refractivity contribution < 1.29 is 27.1 Å². The SMILES string of the molecule is O=C1N=C[C@](OCC2CCC2)(C(F)(F)F)c2cc(F)ccc2N1. The number of rotatable bonds is 3. The lowest BCUT2D eigenvalue weighted by Crippen LogP contribution is -2.47. The average Bonchev–Trinajstić information content (AvgIpc) is 2.54. The van der Waals surface area contributed by atoms with Gasteiger partial charge in [-0.3, -0.25) is 0 Å². The van der Waals surface area contributed by atoms with Crippen molar-refractivity contribution in [2.24, 2.45) is 10.9 Å². The number of amides is 2. The number of anilines is 1. The Labute approximate surface area is 129 Å². The number of carbonyl (C=O) groups excluding carboxylic acids is 1. The predicted molar refractivity (Wildman–Crippen MR) is 74.9 cm³/mol. The highest BCUT2D eigenvalue weighted by atomic mass is 19.4. The molecule has 1 aromatic carbocycles. The van der Waals surface area contributed by atoms with Crippen molar-refractivity contribution in [3.63, 3.8) is 0 Å². The smallest absolute Gasteiger partial charge is 0.356 e. The number of nitrogens with one attached hydrogen (secondary N) is 1. The van der Waals surface area contributed by atoms with E-state index in [1.807, 2.05) is 0 Å². The molecule has 2 aliphatic rings. The summed E-state index contributed by atoms with van der Waals surface area (Å²) in [6, 6.07) is 1.81. The maximum absolute atomic E-state index is 13.8. The molecule has 0 bridgehead atoms. The maximum atomic E-state index is 13.8. The zero-order chi connectivity index (χ0) is 16.7. The van der Waals surface area contributed by atoms with Gasteiger partial charge in [-0.1, -0.05) is 6.42 Å². The van der Waals surface area contributed by atoms with Crippen molar-refractivity contribution in [1.29, 1.82) is 0 Å². The maximum Gasteiger partial charge on any atom is 0.427 e. The van der Waals surface area contributed by atoms with Gasteiger partial charge in [0, 0.05) is 11.3 Å². The zero-order valence-corrected chi connectivity index (χ0v) is 12.0. The number of nitrogens with zero attached hydrogens (tertiary/aromatic N) is 1. The average molecular weight is 330 g/mol. The molecule has 0 spiro atoms. The lowest BCUT2D eigenvalue weighted by Gasteiger charge is -2.36. The molecule has 0 aromatic heterocycles. The third kappa shape index (κ3) is 2.83. The highest BCUT2D eigenvalue weighted by Gasteiger charge is 2.59. The number of hydrogen-bond donors (Lipinski definition) is 1. The van der Waals surface area contributed by atoms with Crippen LogP contribution in [0.3, 0.4) is 0 Å². The van der Waals surface area contributed by atoms with Gasteiger partial charge in [-0.25, -0.2) is 14.2 Å². The van der Waals surface area contributed by atoms with Crippen molar-refractivity contribution in [2.45, 2.75) is 31.0 Å². The van der Waals surface area contributed by atoms with E-state index in [4.69, 9.17) is 4.74 Å². The molecule has 124 valence electrons. The Hall–Kier alpha value is -1.96. The second-order valence-electron chi connectivity index (χ2n) is 5.72. The lowest BCUT2D eigenvalue weighted by atomic mass is 9.85. The van der Waals surface area contributed by atoms with Gasteiger partial charge in [0.1, 0.15) is 5.82 Å². The zero-order valence-electron chi connectivity index (χ0n) is 12.0. The van der Waals surface area contributed by atoms with Gasteiger partial charge in [0.15, 0.2) is 0 Å². The number of alkyl halides is 3. The fraction of sp³-hybridized carbons (Fsp3) is 0.467. The number of carbonyl (C=O) groups is 1. The number of benzene rings is 1. The van der Waals surface area contributed by atoms with Gasteiger partial charge in [-0.15, -0.1) is 0 Å². The lowest BCUT2D eigenvalue weighted by molar-refractivity contribution is -0.256. The highest BCUT2D eigenvalue weighted by Crippen LogP contribution is 2.46. The first kappa shape index (κ1) is 15.9. The van der Waals surface area contributed by atoms with Crippen LogP contribution in [0.25, 0.3) is 0 Å². The van der Waals surface area contributed by atoms with Crippen LogP contribution in [0, 0.1) is 11.7 Å². The van der Waals surface area contributed by atoms with E-state index in [1.54, 1.807) is 0 Å². The predicted octanol–water partition coefficient (Wildman–Crippen LogP) is 4.02. The van der Waals surface area contributed by atoms with Crippen LogP contribution in [0.2, 0.25) is 0 Å². The van der Waals surface area contributed by atoms with E-state index >= 15 is 0 Å². The van der Waals surface area contributed by atoms with E-state index in [2.05, 4.69) is 10.3 Å². The Bertz CT molecular complexity index is 655. The second-order valence-corrected chi connectivity index (χ2v) is 5.72. The molecule has 0 unspecified atom stereocenters. The van der Waals surface area contributed by atoms with Crippen LogP contribution in [0.1, 0.15) is 24.8 Å². The highest BCUT2D eigenvalue weighted by molar-refractivity contribution is 6.00. The quantitative estimate of drug-likeness (QED) is 0.851. The van der Waals surface area contributed by atoms with Gasteiger partial charge in [-0.05, 0) is 37.0 Å². The molecule has 1 atom stereocenters. The van der Waals surface area contributed by atoms with Crippen LogP contribution in [-0.2, 0) is 10.3 Å². The minimum absolute atomic E-state index is 0.0338. The number of halogens is 4. The number of ether oxygens (including phenoxy) is 1. The Morgan fingerprint density at radius 3 is 2.70 bits per heavy atom. The van der Waals surface area contributed by atoms with Gasteiger partial charge in [0.2, 0.25) is 5.60 Å². The molecule has 1 aromatic rings. The third-order valence-electron chi connectivity index (χ3n) is 4.18. The Balaban J connectivity index is 2.10. The van der Waals surface area contributed by atoms with E-state index in [0.717, 1.165) is 37.5 Å². The van der Waals surface area contributed by atoms with E-state index in [1.165, 1.54) is 0 Å². The van der Waals surface area contributed by atoms with Crippen LogP contribution < -0.4 is 5.32 Å². The molecule has 1 aliphatic carbocycles. The first-order valence-corrected chi connectivity index (χ1v) is 7.19. The Morgan fingerprint density at radius 2 is 2.09 bits per heavy atom. The summed E-state index contributed by atoms with van der Waals surface area (Å²) < 4.78 is 60.2. The van der Waals surface area contributed by atoms with Crippen molar-refractivity contribution >= 4 is 17.9 Å². The van der Waals surface area contributed by atoms with Gasteiger partial charge in [0.05, 0.1) is 12.8 Å². The standard InChI is InChI=1S/C15H14F4N2O2/c16-10-4-5-12-11(6-10)14(15(17,18)19,8-20-13(22)21-12)23-7-9-2-1-3-9/h4-6,8-9H,1-3,7H2,(H,21,22)/t14-/m1/s1. The minimum atomic E-state index is -4.89. The Kier molecular flexibility index (Phi) is 3.87. The summed E-state index contributed by atoms with van der Waals surface area (Å²) in [6.07, 6.45) is -1.94. The number of fused-ring (bicyclic) bond motifs is 1. The van der Waals surface area contributed by atoms with Crippen molar-refractivity contribution in [1.82, 2.24) is 0 Å². The number of hydrogen-bond acceptors (Lipinski definition) is 2.